The summed E-state index contributed by atoms with van der Waals surface area (Å²) in [5.41, 5.74) is 2.28. The number of hydrogen-bond donors (Lipinski definition) is 1. The molecule has 2 aromatic rings. The molecule has 0 saturated carbocycles. The van der Waals surface area contributed by atoms with Gasteiger partial charge < -0.3 is 10.1 Å². The fraction of sp³-hybridized carbons (Fsp3) is 0.214. The molecule has 0 unspecified atom stereocenters. The molecule has 19 heavy (non-hydrogen) atoms. The molecule has 1 heterocycles. The molecule has 0 bridgehead atoms. The Kier molecular flexibility index (Phi) is 5.02. The predicted octanol–water partition coefficient (Wildman–Crippen LogP) is 4.15. The fourth-order valence-corrected chi connectivity index (χ4v) is 2.17. The van der Waals surface area contributed by atoms with Crippen molar-refractivity contribution in [2.75, 3.05) is 12.4 Å². The number of nitrogens with zero attached hydrogens (tertiary/aromatic N) is 1. The van der Waals surface area contributed by atoms with Crippen molar-refractivity contribution < 1.29 is 4.74 Å². The second-order valence-corrected chi connectivity index (χ2v) is 4.93. The minimum Gasteiger partial charge on any atom is -0.380 e. The van der Waals surface area contributed by atoms with Crippen LogP contribution >= 0.6 is 23.2 Å². The molecule has 0 spiro atoms. The van der Waals surface area contributed by atoms with E-state index < -0.39 is 0 Å². The SMILES string of the molecule is COCc1cccc(CNc2ncc(Cl)cc2Cl)c1. The molecule has 1 aromatic carbocycles. The van der Waals surface area contributed by atoms with Crippen LogP contribution in [-0.4, -0.2) is 12.1 Å². The molecule has 0 saturated heterocycles. The lowest BCUT2D eigenvalue weighted by atomic mass is 10.1. The summed E-state index contributed by atoms with van der Waals surface area (Å²) >= 11 is 11.8. The second kappa shape index (κ2) is 6.75. The number of halogens is 2. The Hall–Kier alpha value is -1.29. The number of rotatable bonds is 5. The molecule has 0 amide bonds. The highest BCUT2D eigenvalue weighted by Crippen LogP contribution is 2.23. The van der Waals surface area contributed by atoms with E-state index in [4.69, 9.17) is 27.9 Å². The molecule has 0 radical (unpaired) electrons. The molecule has 1 aromatic heterocycles. The van der Waals surface area contributed by atoms with Crippen molar-refractivity contribution >= 4 is 29.0 Å². The van der Waals surface area contributed by atoms with Crippen LogP contribution in [0, 0.1) is 0 Å². The highest BCUT2D eigenvalue weighted by atomic mass is 35.5. The van der Waals surface area contributed by atoms with Crippen LogP contribution < -0.4 is 5.32 Å². The lowest BCUT2D eigenvalue weighted by molar-refractivity contribution is 0.185. The van der Waals surface area contributed by atoms with Gasteiger partial charge in [0.15, 0.2) is 0 Å². The second-order valence-electron chi connectivity index (χ2n) is 4.09. The van der Waals surface area contributed by atoms with Crippen molar-refractivity contribution in [3.05, 3.63) is 57.7 Å². The van der Waals surface area contributed by atoms with E-state index >= 15 is 0 Å². The largest absolute Gasteiger partial charge is 0.380 e. The molecule has 5 heteroatoms. The van der Waals surface area contributed by atoms with Gasteiger partial charge in [0.05, 0.1) is 16.7 Å². The summed E-state index contributed by atoms with van der Waals surface area (Å²) < 4.78 is 5.11. The first-order valence-corrected chi connectivity index (χ1v) is 6.56. The van der Waals surface area contributed by atoms with E-state index in [-0.39, 0.29) is 0 Å². The van der Waals surface area contributed by atoms with Gasteiger partial charge in [0.2, 0.25) is 0 Å². The van der Waals surface area contributed by atoms with Crippen LogP contribution in [0.1, 0.15) is 11.1 Å². The van der Waals surface area contributed by atoms with Crippen molar-refractivity contribution in [2.45, 2.75) is 13.2 Å². The summed E-state index contributed by atoms with van der Waals surface area (Å²) in [5, 5.41) is 4.22. The Labute approximate surface area is 122 Å². The third-order valence-electron chi connectivity index (χ3n) is 2.57. The molecular formula is C14H14Cl2N2O. The van der Waals surface area contributed by atoms with Crippen LogP contribution in [0.3, 0.4) is 0 Å². The molecule has 1 N–H and O–H groups in total. The van der Waals surface area contributed by atoms with Crippen molar-refractivity contribution in [1.29, 1.82) is 0 Å². The van der Waals surface area contributed by atoms with Gasteiger partial charge in [-0.25, -0.2) is 4.98 Å². The zero-order chi connectivity index (χ0) is 13.7. The highest BCUT2D eigenvalue weighted by molar-refractivity contribution is 6.35. The van der Waals surface area contributed by atoms with E-state index in [2.05, 4.69) is 16.4 Å². The minimum absolute atomic E-state index is 0.514. The maximum Gasteiger partial charge on any atom is 0.145 e. The third kappa shape index (κ3) is 4.10. The van der Waals surface area contributed by atoms with Crippen LogP contribution in [0.4, 0.5) is 5.82 Å². The van der Waals surface area contributed by atoms with Gasteiger partial charge in [-0.2, -0.15) is 0 Å². The van der Waals surface area contributed by atoms with Crippen molar-refractivity contribution in [1.82, 2.24) is 4.98 Å². The van der Waals surface area contributed by atoms with Gasteiger partial charge in [-0.15, -0.1) is 0 Å². The number of anilines is 1. The first-order chi connectivity index (χ1) is 9.19. The number of pyridine rings is 1. The zero-order valence-corrected chi connectivity index (χ0v) is 12.0. The van der Waals surface area contributed by atoms with Crippen LogP contribution in [0.2, 0.25) is 10.0 Å². The van der Waals surface area contributed by atoms with Gasteiger partial charge in [0.1, 0.15) is 5.82 Å². The fourth-order valence-electron chi connectivity index (χ4n) is 1.73. The van der Waals surface area contributed by atoms with Gasteiger partial charge in [0, 0.05) is 19.9 Å². The Morgan fingerprint density at radius 3 is 2.74 bits per heavy atom. The Morgan fingerprint density at radius 1 is 1.21 bits per heavy atom. The lowest BCUT2D eigenvalue weighted by Gasteiger charge is -2.09. The molecule has 0 fully saturated rings. The number of hydrogen-bond acceptors (Lipinski definition) is 3. The van der Waals surface area contributed by atoms with Crippen LogP contribution in [0.25, 0.3) is 0 Å². The Bertz CT molecular complexity index is 561. The number of nitrogens with one attached hydrogen (secondary N) is 1. The summed E-state index contributed by atoms with van der Waals surface area (Å²) in [7, 11) is 1.68. The predicted molar refractivity (Wildman–Crippen MR) is 78.7 cm³/mol. The van der Waals surface area contributed by atoms with E-state index in [1.807, 2.05) is 18.2 Å². The van der Waals surface area contributed by atoms with E-state index in [9.17, 15) is 0 Å². The summed E-state index contributed by atoms with van der Waals surface area (Å²) in [5.74, 6) is 0.628. The van der Waals surface area contributed by atoms with Crippen molar-refractivity contribution in [3.63, 3.8) is 0 Å². The zero-order valence-electron chi connectivity index (χ0n) is 10.5. The summed E-state index contributed by atoms with van der Waals surface area (Å²) in [4.78, 5) is 4.15. The average molecular weight is 297 g/mol. The first kappa shape index (κ1) is 14.1. The summed E-state index contributed by atoms with van der Waals surface area (Å²) in [6, 6.07) is 9.82. The Balaban J connectivity index is 2.03. The van der Waals surface area contributed by atoms with E-state index in [1.54, 1.807) is 19.4 Å². The molecule has 0 aliphatic rings. The molecule has 3 nitrogen and oxygen atoms in total. The molecule has 0 atom stereocenters. The van der Waals surface area contributed by atoms with Gasteiger partial charge in [0.25, 0.3) is 0 Å². The number of benzene rings is 1. The number of ether oxygens (including phenoxy) is 1. The average Bonchev–Trinajstić information content (AvgIpc) is 2.38. The van der Waals surface area contributed by atoms with Crippen molar-refractivity contribution in [3.8, 4) is 0 Å². The smallest absolute Gasteiger partial charge is 0.145 e. The van der Waals surface area contributed by atoms with Gasteiger partial charge in [-0.05, 0) is 17.2 Å². The molecular weight excluding hydrogens is 283 g/mol. The minimum atomic E-state index is 0.514. The molecule has 0 aliphatic heterocycles. The molecule has 0 aliphatic carbocycles. The summed E-state index contributed by atoms with van der Waals surface area (Å²) in [6.45, 7) is 1.25. The highest BCUT2D eigenvalue weighted by Gasteiger charge is 2.03. The van der Waals surface area contributed by atoms with E-state index in [1.165, 1.54) is 0 Å². The van der Waals surface area contributed by atoms with E-state index in [0.717, 1.165) is 11.1 Å². The number of aromatic nitrogens is 1. The molecule has 100 valence electrons. The lowest BCUT2D eigenvalue weighted by Crippen LogP contribution is -2.02. The third-order valence-corrected chi connectivity index (χ3v) is 3.06. The summed E-state index contributed by atoms with van der Waals surface area (Å²) in [6.07, 6.45) is 1.57. The molecule has 2 rings (SSSR count). The van der Waals surface area contributed by atoms with Crippen LogP contribution in [-0.2, 0) is 17.9 Å². The van der Waals surface area contributed by atoms with Crippen LogP contribution in [0.15, 0.2) is 36.5 Å². The monoisotopic (exact) mass is 296 g/mol. The normalized spacial score (nSPS) is 10.5. The maximum absolute atomic E-state index is 6.05. The van der Waals surface area contributed by atoms with Crippen molar-refractivity contribution in [2.24, 2.45) is 0 Å². The Morgan fingerprint density at radius 2 is 2.00 bits per heavy atom. The first-order valence-electron chi connectivity index (χ1n) is 5.80. The van der Waals surface area contributed by atoms with Gasteiger partial charge >= 0.3 is 0 Å². The standard InChI is InChI=1S/C14H14Cl2N2O/c1-19-9-11-4-2-3-10(5-11)7-17-14-13(16)6-12(15)8-18-14/h2-6,8H,7,9H2,1H3,(H,17,18). The maximum atomic E-state index is 6.05. The van der Waals surface area contributed by atoms with E-state index in [0.29, 0.717) is 29.0 Å². The topological polar surface area (TPSA) is 34.1 Å². The quantitative estimate of drug-likeness (QED) is 0.900. The van der Waals surface area contributed by atoms with Gasteiger partial charge in [-0.1, -0.05) is 47.5 Å². The van der Waals surface area contributed by atoms with Gasteiger partial charge in [-0.3, -0.25) is 0 Å². The van der Waals surface area contributed by atoms with Crippen LogP contribution in [0.5, 0.6) is 0 Å². The number of methoxy groups -OCH3 is 1.